The third kappa shape index (κ3) is 7.63. The normalized spacial score (nSPS) is 10.4. The first-order valence-corrected chi connectivity index (χ1v) is 9.61. The standard InChI is InChI=1S/C20H21Cl2N3O4/c1-12(2)29-15-6-3-13(4-7-15)20(28)25-24-19(27)10-9-18(26)23-17-8-5-14(21)11-16(17)22/h3-8,11-12H,9-10H2,1-2H3,(H,23,26)(H,24,27)(H,25,28). The SMILES string of the molecule is CC(C)Oc1ccc(C(=O)NNC(=O)CCC(=O)Nc2ccc(Cl)cc2Cl)cc1. The predicted molar refractivity (Wildman–Crippen MR) is 112 cm³/mol. The largest absolute Gasteiger partial charge is 0.491 e. The monoisotopic (exact) mass is 437 g/mol. The lowest BCUT2D eigenvalue weighted by atomic mass is 10.2. The van der Waals surface area contributed by atoms with Crippen molar-refractivity contribution in [1.82, 2.24) is 10.9 Å². The van der Waals surface area contributed by atoms with E-state index in [4.69, 9.17) is 27.9 Å². The van der Waals surface area contributed by atoms with E-state index in [1.807, 2.05) is 13.8 Å². The summed E-state index contributed by atoms with van der Waals surface area (Å²) in [4.78, 5) is 35.8. The van der Waals surface area contributed by atoms with Crippen LogP contribution < -0.4 is 20.9 Å². The summed E-state index contributed by atoms with van der Waals surface area (Å²) < 4.78 is 5.50. The van der Waals surface area contributed by atoms with Crippen LogP contribution in [0.4, 0.5) is 5.69 Å². The highest BCUT2D eigenvalue weighted by atomic mass is 35.5. The Hall–Kier alpha value is -2.77. The molecular weight excluding hydrogens is 417 g/mol. The number of amides is 3. The zero-order valence-corrected chi connectivity index (χ0v) is 17.4. The number of anilines is 1. The average Bonchev–Trinajstić information content (AvgIpc) is 2.67. The Morgan fingerprint density at radius 2 is 1.59 bits per heavy atom. The fraction of sp³-hybridized carbons (Fsp3) is 0.250. The summed E-state index contributed by atoms with van der Waals surface area (Å²) in [6, 6.07) is 11.2. The molecule has 7 nitrogen and oxygen atoms in total. The van der Waals surface area contributed by atoms with Gasteiger partial charge in [0.05, 0.1) is 16.8 Å². The summed E-state index contributed by atoms with van der Waals surface area (Å²) in [5.74, 6) is -0.730. The van der Waals surface area contributed by atoms with E-state index in [-0.39, 0.29) is 18.9 Å². The van der Waals surface area contributed by atoms with Crippen molar-refractivity contribution in [3.63, 3.8) is 0 Å². The number of nitrogens with one attached hydrogen (secondary N) is 3. The highest BCUT2D eigenvalue weighted by Gasteiger charge is 2.11. The molecule has 0 fully saturated rings. The Bertz CT molecular complexity index is 886. The van der Waals surface area contributed by atoms with Crippen LogP contribution in [0.15, 0.2) is 42.5 Å². The molecule has 0 radical (unpaired) electrons. The molecule has 0 aliphatic carbocycles. The van der Waals surface area contributed by atoms with E-state index < -0.39 is 17.7 Å². The maximum absolute atomic E-state index is 12.1. The van der Waals surface area contributed by atoms with Gasteiger partial charge in [-0.3, -0.25) is 25.2 Å². The van der Waals surface area contributed by atoms with Crippen molar-refractivity contribution < 1.29 is 19.1 Å². The van der Waals surface area contributed by atoms with Crippen LogP contribution in [-0.2, 0) is 9.59 Å². The summed E-state index contributed by atoms with van der Waals surface area (Å²) in [5.41, 5.74) is 5.33. The van der Waals surface area contributed by atoms with Gasteiger partial charge in [-0.1, -0.05) is 23.2 Å². The van der Waals surface area contributed by atoms with Gasteiger partial charge in [-0.05, 0) is 56.3 Å². The average molecular weight is 438 g/mol. The van der Waals surface area contributed by atoms with E-state index >= 15 is 0 Å². The summed E-state index contributed by atoms with van der Waals surface area (Å²) in [7, 11) is 0. The van der Waals surface area contributed by atoms with Crippen LogP contribution in [0.25, 0.3) is 0 Å². The van der Waals surface area contributed by atoms with Crippen LogP contribution in [-0.4, -0.2) is 23.8 Å². The van der Waals surface area contributed by atoms with Gasteiger partial charge < -0.3 is 10.1 Å². The Morgan fingerprint density at radius 1 is 0.931 bits per heavy atom. The summed E-state index contributed by atoms with van der Waals surface area (Å²) in [5, 5.41) is 3.34. The minimum absolute atomic E-state index is 0.0295. The predicted octanol–water partition coefficient (Wildman–Crippen LogP) is 3.96. The smallest absolute Gasteiger partial charge is 0.269 e. The van der Waals surface area contributed by atoms with Crippen LogP contribution in [0, 0.1) is 0 Å². The molecule has 0 spiro atoms. The molecule has 3 N–H and O–H groups in total. The van der Waals surface area contributed by atoms with Crippen molar-refractivity contribution in [2.45, 2.75) is 32.8 Å². The molecule has 0 unspecified atom stereocenters. The number of carbonyl (C=O) groups excluding carboxylic acids is 3. The van der Waals surface area contributed by atoms with E-state index in [1.165, 1.54) is 6.07 Å². The zero-order valence-electron chi connectivity index (χ0n) is 15.9. The molecule has 2 aromatic rings. The molecule has 0 atom stereocenters. The number of halogens is 2. The first-order chi connectivity index (χ1) is 13.7. The van der Waals surface area contributed by atoms with Gasteiger partial charge in [0.1, 0.15) is 5.75 Å². The molecule has 3 amide bonds. The summed E-state index contributed by atoms with van der Waals surface area (Å²) >= 11 is 11.8. The van der Waals surface area contributed by atoms with Gasteiger partial charge in [-0.15, -0.1) is 0 Å². The molecule has 0 saturated carbocycles. The molecule has 0 aromatic heterocycles. The molecule has 154 valence electrons. The number of hydrazine groups is 1. The topological polar surface area (TPSA) is 96.5 Å². The number of hydrogen-bond acceptors (Lipinski definition) is 4. The molecule has 2 aromatic carbocycles. The first-order valence-electron chi connectivity index (χ1n) is 8.85. The van der Waals surface area contributed by atoms with E-state index in [2.05, 4.69) is 16.2 Å². The Morgan fingerprint density at radius 3 is 2.21 bits per heavy atom. The number of rotatable bonds is 7. The molecule has 0 saturated heterocycles. The quantitative estimate of drug-likeness (QED) is 0.571. The second-order valence-electron chi connectivity index (χ2n) is 6.37. The number of carbonyl (C=O) groups is 3. The van der Waals surface area contributed by atoms with Crippen LogP contribution in [0.2, 0.25) is 10.0 Å². The maximum atomic E-state index is 12.1. The van der Waals surface area contributed by atoms with E-state index in [0.717, 1.165) is 0 Å². The lowest BCUT2D eigenvalue weighted by molar-refractivity contribution is -0.124. The lowest BCUT2D eigenvalue weighted by Gasteiger charge is -2.11. The summed E-state index contributed by atoms with van der Waals surface area (Å²) in [6.07, 6.45) is -0.165. The molecular formula is C20H21Cl2N3O4. The van der Waals surface area contributed by atoms with E-state index in [1.54, 1.807) is 36.4 Å². The van der Waals surface area contributed by atoms with Gasteiger partial charge in [0, 0.05) is 23.4 Å². The fourth-order valence-electron chi connectivity index (χ4n) is 2.25. The van der Waals surface area contributed by atoms with E-state index in [0.29, 0.717) is 27.0 Å². The fourth-order valence-corrected chi connectivity index (χ4v) is 2.70. The van der Waals surface area contributed by atoms with Crippen LogP contribution >= 0.6 is 23.2 Å². The molecule has 0 heterocycles. The van der Waals surface area contributed by atoms with Gasteiger partial charge in [-0.2, -0.15) is 0 Å². The van der Waals surface area contributed by atoms with Crippen LogP contribution in [0.1, 0.15) is 37.0 Å². The molecule has 2 rings (SSSR count). The highest BCUT2D eigenvalue weighted by Crippen LogP contribution is 2.25. The van der Waals surface area contributed by atoms with Gasteiger partial charge in [0.15, 0.2) is 0 Å². The Labute approximate surface area is 178 Å². The van der Waals surface area contributed by atoms with Gasteiger partial charge in [0.2, 0.25) is 11.8 Å². The molecule has 0 aliphatic rings. The molecule has 9 heteroatoms. The Kier molecular flexibility index (Phi) is 8.30. The van der Waals surface area contributed by atoms with Crippen LogP contribution in [0.5, 0.6) is 5.75 Å². The summed E-state index contributed by atoms with van der Waals surface area (Å²) in [6.45, 7) is 3.81. The lowest BCUT2D eigenvalue weighted by Crippen LogP contribution is -2.41. The van der Waals surface area contributed by atoms with Crippen molar-refractivity contribution in [2.75, 3.05) is 5.32 Å². The van der Waals surface area contributed by atoms with Gasteiger partial charge in [0.25, 0.3) is 5.91 Å². The van der Waals surface area contributed by atoms with Crippen molar-refractivity contribution in [3.8, 4) is 5.75 Å². The molecule has 0 bridgehead atoms. The zero-order chi connectivity index (χ0) is 21.4. The number of benzene rings is 2. The first kappa shape index (κ1) is 22.5. The minimum Gasteiger partial charge on any atom is -0.491 e. The molecule has 29 heavy (non-hydrogen) atoms. The highest BCUT2D eigenvalue weighted by molar-refractivity contribution is 6.36. The van der Waals surface area contributed by atoms with Crippen molar-refractivity contribution in [2.24, 2.45) is 0 Å². The second-order valence-corrected chi connectivity index (χ2v) is 7.21. The molecule has 0 aliphatic heterocycles. The number of hydrogen-bond donors (Lipinski definition) is 3. The van der Waals surface area contributed by atoms with Gasteiger partial charge >= 0.3 is 0 Å². The number of ether oxygens (including phenoxy) is 1. The minimum atomic E-state index is -0.504. The van der Waals surface area contributed by atoms with Crippen molar-refractivity contribution >= 4 is 46.6 Å². The van der Waals surface area contributed by atoms with Crippen molar-refractivity contribution in [3.05, 3.63) is 58.1 Å². The van der Waals surface area contributed by atoms with Gasteiger partial charge in [-0.25, -0.2) is 0 Å². The third-order valence-electron chi connectivity index (χ3n) is 3.59. The maximum Gasteiger partial charge on any atom is 0.269 e. The Balaban J connectivity index is 1.74. The second kappa shape index (κ2) is 10.7. The van der Waals surface area contributed by atoms with Crippen molar-refractivity contribution in [1.29, 1.82) is 0 Å². The third-order valence-corrected chi connectivity index (χ3v) is 4.14. The van der Waals surface area contributed by atoms with Crippen LogP contribution in [0.3, 0.4) is 0 Å². The van der Waals surface area contributed by atoms with E-state index in [9.17, 15) is 14.4 Å².